The van der Waals surface area contributed by atoms with E-state index in [9.17, 15) is 19.5 Å². The molecule has 0 bridgehead atoms. The van der Waals surface area contributed by atoms with Gasteiger partial charge in [-0.2, -0.15) is 0 Å². The van der Waals surface area contributed by atoms with E-state index in [4.69, 9.17) is 33.5 Å². The van der Waals surface area contributed by atoms with E-state index in [1.54, 1.807) is 11.3 Å². The smallest absolute Gasteiger partial charge is 0.246 e. The first-order valence-corrected chi connectivity index (χ1v) is 18.5. The second-order valence-corrected chi connectivity index (χ2v) is 14.1. The number of thiazole rings is 1. The number of rotatable bonds is 25. The molecule has 0 unspecified atom stereocenters. The number of nitrogens with one attached hydrogen (secondary N) is 2. The molecule has 16 heteroatoms. The molecule has 3 rings (SSSR count). The van der Waals surface area contributed by atoms with Crippen LogP contribution in [0.4, 0.5) is 0 Å². The molecule has 2 heterocycles. The number of amides is 3. The zero-order valence-corrected chi connectivity index (χ0v) is 31.6. The molecule has 15 nitrogen and oxygen atoms in total. The van der Waals surface area contributed by atoms with Crippen LogP contribution in [0.15, 0.2) is 29.8 Å². The first-order valence-electron chi connectivity index (χ1n) is 17.6. The Hall–Kier alpha value is -3.06. The third kappa shape index (κ3) is 15.5. The number of ether oxygens (including phenoxy) is 6. The second-order valence-electron chi connectivity index (χ2n) is 13.3. The fourth-order valence-corrected chi connectivity index (χ4v) is 6.12. The van der Waals surface area contributed by atoms with Crippen LogP contribution in [0.25, 0.3) is 10.4 Å². The molecule has 292 valence electrons. The summed E-state index contributed by atoms with van der Waals surface area (Å²) in [5.41, 5.74) is 4.04. The molecule has 4 N–H and O–H groups in total. The van der Waals surface area contributed by atoms with Gasteiger partial charge in [0.15, 0.2) is 0 Å². The molecule has 2 aromatic rings. The van der Waals surface area contributed by atoms with Crippen LogP contribution >= 0.6 is 11.3 Å². The number of carbonyl (C=O) groups is 3. The molecular formula is C36H56N4O11S. The summed E-state index contributed by atoms with van der Waals surface area (Å²) < 4.78 is 32.2. The average Bonchev–Trinajstić information content (AvgIpc) is 3.73. The Kier molecular flexibility index (Phi) is 19.6. The van der Waals surface area contributed by atoms with Crippen molar-refractivity contribution in [1.29, 1.82) is 0 Å². The maximum atomic E-state index is 13.8. The van der Waals surface area contributed by atoms with Crippen LogP contribution < -0.4 is 10.6 Å². The number of aliphatic hydroxyl groups excluding tert-OH is 2. The van der Waals surface area contributed by atoms with Crippen LogP contribution in [0.2, 0.25) is 0 Å². The number of hydrogen-bond acceptors (Lipinski definition) is 13. The largest absolute Gasteiger partial charge is 0.394 e. The number of aliphatic hydroxyl groups is 2. The molecule has 0 aliphatic carbocycles. The van der Waals surface area contributed by atoms with Crippen molar-refractivity contribution >= 4 is 29.1 Å². The van der Waals surface area contributed by atoms with Crippen LogP contribution in [0.5, 0.6) is 0 Å². The lowest BCUT2D eigenvalue weighted by Gasteiger charge is -2.35. The van der Waals surface area contributed by atoms with Crippen LogP contribution in [0, 0.1) is 12.3 Å². The number of benzene rings is 1. The highest BCUT2D eigenvalue weighted by molar-refractivity contribution is 7.13. The summed E-state index contributed by atoms with van der Waals surface area (Å²) in [6, 6.07) is 6.03. The minimum absolute atomic E-state index is 0.00406. The van der Waals surface area contributed by atoms with Gasteiger partial charge in [-0.25, -0.2) is 4.98 Å². The van der Waals surface area contributed by atoms with E-state index in [1.165, 1.54) is 4.90 Å². The Morgan fingerprint density at radius 3 is 1.92 bits per heavy atom. The van der Waals surface area contributed by atoms with E-state index in [-0.39, 0.29) is 51.8 Å². The highest BCUT2D eigenvalue weighted by Crippen LogP contribution is 2.28. The average molecular weight is 753 g/mol. The van der Waals surface area contributed by atoms with E-state index in [2.05, 4.69) is 15.6 Å². The fourth-order valence-electron chi connectivity index (χ4n) is 5.31. The van der Waals surface area contributed by atoms with E-state index in [0.717, 1.165) is 21.7 Å². The Bertz CT molecular complexity index is 1340. The molecule has 1 saturated heterocycles. The monoisotopic (exact) mass is 752 g/mol. The number of aromatic nitrogens is 1. The Morgan fingerprint density at radius 1 is 0.885 bits per heavy atom. The Morgan fingerprint density at radius 2 is 1.42 bits per heavy atom. The van der Waals surface area contributed by atoms with Gasteiger partial charge in [0.05, 0.1) is 101 Å². The van der Waals surface area contributed by atoms with Gasteiger partial charge in [0.1, 0.15) is 18.7 Å². The van der Waals surface area contributed by atoms with Crippen molar-refractivity contribution in [2.24, 2.45) is 5.41 Å². The summed E-state index contributed by atoms with van der Waals surface area (Å²) in [4.78, 5) is 46.7. The highest BCUT2D eigenvalue weighted by Gasteiger charge is 2.44. The van der Waals surface area contributed by atoms with Crippen LogP contribution in [-0.4, -0.2) is 148 Å². The second kappa shape index (κ2) is 23.6. The fraction of sp³-hybridized carbons (Fsp3) is 0.667. The van der Waals surface area contributed by atoms with Gasteiger partial charge in [0.25, 0.3) is 0 Å². The third-order valence-corrected chi connectivity index (χ3v) is 9.02. The van der Waals surface area contributed by atoms with Gasteiger partial charge in [-0.1, -0.05) is 45.0 Å². The number of likely N-dealkylation sites (tertiary alicyclic amines) is 1. The zero-order chi connectivity index (χ0) is 37.8. The van der Waals surface area contributed by atoms with Crippen molar-refractivity contribution in [1.82, 2.24) is 20.5 Å². The van der Waals surface area contributed by atoms with Crippen molar-refractivity contribution in [3.05, 3.63) is 41.0 Å². The van der Waals surface area contributed by atoms with Crippen molar-refractivity contribution in [2.75, 3.05) is 92.4 Å². The lowest BCUT2D eigenvalue weighted by Crippen LogP contribution is -2.58. The molecule has 1 aromatic heterocycles. The normalized spacial score (nSPS) is 16.6. The first kappa shape index (κ1) is 43.3. The van der Waals surface area contributed by atoms with Crippen molar-refractivity contribution in [2.45, 2.75) is 58.8 Å². The highest BCUT2D eigenvalue weighted by atomic mass is 32.1. The van der Waals surface area contributed by atoms with Crippen LogP contribution in [-0.2, 0) is 49.3 Å². The maximum absolute atomic E-state index is 13.8. The van der Waals surface area contributed by atoms with Crippen molar-refractivity contribution < 1.29 is 53.0 Å². The maximum Gasteiger partial charge on any atom is 0.246 e. The van der Waals surface area contributed by atoms with E-state index < -0.39 is 35.4 Å². The number of hydrogen-bond donors (Lipinski definition) is 4. The molecule has 1 aliphatic heterocycles. The summed E-state index contributed by atoms with van der Waals surface area (Å²) in [5, 5.41) is 24.8. The topological polar surface area (TPSA) is 187 Å². The van der Waals surface area contributed by atoms with Gasteiger partial charge in [-0.15, -0.1) is 11.3 Å². The molecule has 52 heavy (non-hydrogen) atoms. The summed E-state index contributed by atoms with van der Waals surface area (Å²) in [6.07, 6.45) is -0.756. The lowest BCUT2D eigenvalue weighted by molar-refractivity contribution is -0.144. The minimum Gasteiger partial charge on any atom is -0.394 e. The number of nitrogens with zero attached hydrogens (tertiary/aromatic N) is 2. The first-order chi connectivity index (χ1) is 25.0. The summed E-state index contributed by atoms with van der Waals surface area (Å²) in [7, 11) is 0. The molecule has 0 radical (unpaired) electrons. The molecular weight excluding hydrogens is 696 g/mol. The van der Waals surface area contributed by atoms with Gasteiger partial charge in [0, 0.05) is 19.5 Å². The molecule has 1 aliphatic rings. The summed E-state index contributed by atoms with van der Waals surface area (Å²) in [6.45, 7) is 11.5. The lowest BCUT2D eigenvalue weighted by atomic mass is 9.85. The molecule has 3 amide bonds. The van der Waals surface area contributed by atoms with Crippen molar-refractivity contribution in [3.63, 3.8) is 0 Å². The Labute approximate surface area is 310 Å². The number of aryl methyl sites for hydroxylation is 1. The van der Waals surface area contributed by atoms with Gasteiger partial charge in [-0.05, 0) is 23.5 Å². The van der Waals surface area contributed by atoms with Gasteiger partial charge in [-0.3, -0.25) is 14.4 Å². The van der Waals surface area contributed by atoms with E-state index >= 15 is 0 Å². The molecule has 3 atom stereocenters. The SMILES string of the molecule is Cc1ncsc1-c1ccc(CNC(=O)[C@@H]2C[C@@H](O)CN2C(=O)[C@@H](NC(=O)COCCOCCOCCOCCOCCOCCO)C(C)(C)C)cc1. The minimum atomic E-state index is -0.950. The third-order valence-electron chi connectivity index (χ3n) is 8.04. The van der Waals surface area contributed by atoms with Crippen LogP contribution in [0.1, 0.15) is 38.4 Å². The quantitative estimate of drug-likeness (QED) is 0.107. The van der Waals surface area contributed by atoms with Crippen molar-refractivity contribution in [3.8, 4) is 10.4 Å². The molecule has 1 fully saturated rings. The molecule has 0 saturated carbocycles. The van der Waals surface area contributed by atoms with Gasteiger partial charge < -0.3 is 54.2 Å². The van der Waals surface area contributed by atoms with Crippen LogP contribution in [0.3, 0.4) is 0 Å². The van der Waals surface area contributed by atoms with Gasteiger partial charge >= 0.3 is 0 Å². The van der Waals surface area contributed by atoms with Gasteiger partial charge in [0.2, 0.25) is 17.7 Å². The molecule has 1 aromatic carbocycles. The summed E-state index contributed by atoms with van der Waals surface area (Å²) in [5.74, 6) is -1.29. The Balaban J connectivity index is 1.32. The van der Waals surface area contributed by atoms with E-state index in [1.807, 2.05) is 57.5 Å². The predicted molar refractivity (Wildman–Crippen MR) is 194 cm³/mol. The summed E-state index contributed by atoms with van der Waals surface area (Å²) >= 11 is 1.57. The number of carbonyl (C=O) groups excluding carboxylic acids is 3. The molecule has 0 spiro atoms. The standard InChI is InChI=1S/C36H56N4O11S/c1-26-32(52-25-38-26)28-7-5-27(6-8-28)22-37-34(44)30-21-29(42)23-40(30)35(45)33(36(2,3)4)39-31(43)24-51-20-19-50-18-17-49-16-15-48-14-13-47-12-11-46-10-9-41/h5-8,25,29-30,33,41-42H,9-24H2,1-4H3,(H,37,44)(H,39,43)/t29-,30+,33-/m1/s1. The van der Waals surface area contributed by atoms with E-state index in [0.29, 0.717) is 59.5 Å². The predicted octanol–water partition coefficient (Wildman–Crippen LogP) is 1.32. The zero-order valence-electron chi connectivity index (χ0n) is 30.8. The number of β-amino-alcohol motifs (C(OH)–C–C–N with tert-alkyl or cyclic N) is 1.